The van der Waals surface area contributed by atoms with Crippen molar-refractivity contribution in [3.8, 4) is 6.07 Å². The number of carbonyl (C=O) groups excluding carboxylic acids is 1. The van der Waals surface area contributed by atoms with Crippen LogP contribution in [0.3, 0.4) is 0 Å². The highest BCUT2D eigenvalue weighted by Gasteiger charge is 2.37. The van der Waals surface area contributed by atoms with E-state index in [0.29, 0.717) is 10.8 Å². The third kappa shape index (κ3) is 2.18. The minimum absolute atomic E-state index is 0.00662. The lowest BCUT2D eigenvalue weighted by molar-refractivity contribution is -0.136. The van der Waals surface area contributed by atoms with Gasteiger partial charge in [-0.05, 0) is 6.92 Å². The van der Waals surface area contributed by atoms with Gasteiger partial charge in [0.15, 0.2) is 0 Å². The molecule has 0 aliphatic carbocycles. The van der Waals surface area contributed by atoms with Gasteiger partial charge < -0.3 is 15.2 Å². The van der Waals surface area contributed by atoms with Gasteiger partial charge in [0.05, 0.1) is 18.6 Å². The molecule has 0 fully saturated rings. The van der Waals surface area contributed by atoms with Gasteiger partial charge in [-0.3, -0.25) is 0 Å². The van der Waals surface area contributed by atoms with Crippen molar-refractivity contribution in [2.75, 3.05) is 7.11 Å². The summed E-state index contributed by atoms with van der Waals surface area (Å²) >= 11 is 1.33. The van der Waals surface area contributed by atoms with Gasteiger partial charge in [0.2, 0.25) is 5.88 Å². The second kappa shape index (κ2) is 5.12. The molecular weight excluding hydrogens is 266 g/mol. The summed E-state index contributed by atoms with van der Waals surface area (Å²) in [6.07, 6.45) is 1.60. The topological polar surface area (TPSA) is 98.2 Å². The molecule has 0 radical (unpaired) electrons. The Balaban J connectivity index is 2.61. The molecule has 0 aromatic carbocycles. The Morgan fingerprint density at radius 1 is 1.68 bits per heavy atom. The molecule has 6 nitrogen and oxygen atoms in total. The monoisotopic (exact) mass is 277 g/mol. The normalized spacial score (nSPS) is 18.9. The van der Waals surface area contributed by atoms with Crippen LogP contribution in [0.2, 0.25) is 0 Å². The first-order chi connectivity index (χ1) is 9.10. The molecule has 1 atom stereocenters. The average molecular weight is 277 g/mol. The lowest BCUT2D eigenvalue weighted by Gasteiger charge is -2.24. The van der Waals surface area contributed by atoms with E-state index >= 15 is 0 Å². The van der Waals surface area contributed by atoms with Crippen molar-refractivity contribution in [2.45, 2.75) is 12.8 Å². The van der Waals surface area contributed by atoms with Gasteiger partial charge >= 0.3 is 5.97 Å². The second-order valence-corrected chi connectivity index (χ2v) is 4.68. The fourth-order valence-corrected chi connectivity index (χ4v) is 2.63. The number of nitrogens with two attached hydrogens (primary N) is 1. The van der Waals surface area contributed by atoms with E-state index in [2.05, 4.69) is 4.98 Å². The molecule has 7 heteroatoms. The van der Waals surface area contributed by atoms with Gasteiger partial charge in [-0.2, -0.15) is 5.26 Å². The van der Waals surface area contributed by atoms with Crippen molar-refractivity contribution in [1.29, 1.82) is 5.26 Å². The van der Waals surface area contributed by atoms with E-state index in [9.17, 15) is 10.1 Å². The number of hydrogen-bond donors (Lipinski definition) is 1. The van der Waals surface area contributed by atoms with Crippen molar-refractivity contribution in [3.05, 3.63) is 39.4 Å². The maximum Gasteiger partial charge on any atom is 0.338 e. The smallest absolute Gasteiger partial charge is 0.338 e. The van der Waals surface area contributed by atoms with Crippen molar-refractivity contribution in [2.24, 2.45) is 5.73 Å². The molecule has 98 valence electrons. The van der Waals surface area contributed by atoms with Gasteiger partial charge in [0, 0.05) is 11.6 Å². The summed E-state index contributed by atoms with van der Waals surface area (Å²) in [5.41, 5.74) is 6.13. The number of nitrogens with zero attached hydrogens (tertiary/aromatic N) is 2. The largest absolute Gasteiger partial charge is 0.466 e. The summed E-state index contributed by atoms with van der Waals surface area (Å²) in [6.45, 7) is 1.61. The lowest BCUT2D eigenvalue weighted by atomic mass is 9.89. The average Bonchev–Trinajstić information content (AvgIpc) is 2.90. The van der Waals surface area contributed by atoms with Crippen molar-refractivity contribution in [1.82, 2.24) is 4.98 Å². The zero-order chi connectivity index (χ0) is 14.0. The molecule has 0 saturated carbocycles. The first kappa shape index (κ1) is 13.1. The van der Waals surface area contributed by atoms with E-state index in [4.69, 9.17) is 15.2 Å². The highest BCUT2D eigenvalue weighted by Crippen LogP contribution is 2.39. The van der Waals surface area contributed by atoms with Gasteiger partial charge in [-0.1, -0.05) is 0 Å². The van der Waals surface area contributed by atoms with E-state index in [1.54, 1.807) is 18.5 Å². The molecule has 0 spiro atoms. The van der Waals surface area contributed by atoms with Crippen LogP contribution in [0.4, 0.5) is 0 Å². The summed E-state index contributed by atoms with van der Waals surface area (Å²) in [6, 6.07) is 1.98. The third-order valence-electron chi connectivity index (χ3n) is 2.71. The molecule has 2 heterocycles. The highest BCUT2D eigenvalue weighted by atomic mass is 32.1. The van der Waals surface area contributed by atoms with Crippen molar-refractivity contribution < 1.29 is 14.3 Å². The Morgan fingerprint density at radius 2 is 2.42 bits per heavy atom. The minimum Gasteiger partial charge on any atom is -0.466 e. The number of methoxy groups -OCH3 is 1. The third-order valence-corrected chi connectivity index (χ3v) is 3.55. The van der Waals surface area contributed by atoms with E-state index in [-0.39, 0.29) is 17.0 Å². The number of hydrogen-bond acceptors (Lipinski definition) is 7. The van der Waals surface area contributed by atoms with Crippen LogP contribution in [-0.4, -0.2) is 18.1 Å². The maximum absolute atomic E-state index is 11.9. The Bertz CT molecular complexity index is 611. The number of esters is 1. The zero-order valence-corrected chi connectivity index (χ0v) is 11.2. The number of rotatable bonds is 2. The molecule has 0 saturated heterocycles. The minimum atomic E-state index is -0.633. The number of carbonyl (C=O) groups is 1. The SMILES string of the molecule is COC(=O)C1=C(C)OC(N)=C(C#N)C1c1nccs1. The lowest BCUT2D eigenvalue weighted by Crippen LogP contribution is -2.24. The summed E-state index contributed by atoms with van der Waals surface area (Å²) in [7, 11) is 1.27. The van der Waals surface area contributed by atoms with Crippen LogP contribution in [0.25, 0.3) is 0 Å². The summed E-state index contributed by atoms with van der Waals surface area (Å²) in [5, 5.41) is 11.6. The molecule has 1 unspecified atom stereocenters. The molecular formula is C12H11N3O3S. The van der Waals surface area contributed by atoms with Crippen LogP contribution < -0.4 is 5.73 Å². The fraction of sp³-hybridized carbons (Fsp3) is 0.250. The molecule has 0 amide bonds. The number of nitriles is 1. The number of ether oxygens (including phenoxy) is 2. The standard InChI is InChI=1S/C12H11N3O3S/c1-6-8(12(16)17-2)9(11-15-3-4-19-11)7(5-13)10(14)18-6/h3-4,9H,14H2,1-2H3. The van der Waals surface area contributed by atoms with Crippen LogP contribution in [0, 0.1) is 11.3 Å². The van der Waals surface area contributed by atoms with Crippen LogP contribution in [0.15, 0.2) is 34.4 Å². The Morgan fingerprint density at radius 3 is 2.95 bits per heavy atom. The van der Waals surface area contributed by atoms with E-state index < -0.39 is 11.9 Å². The molecule has 19 heavy (non-hydrogen) atoms. The fourth-order valence-electron chi connectivity index (χ4n) is 1.88. The van der Waals surface area contributed by atoms with E-state index in [1.165, 1.54) is 18.4 Å². The summed E-state index contributed by atoms with van der Waals surface area (Å²) in [5.74, 6) is -0.874. The number of allylic oxidation sites excluding steroid dienone is 2. The van der Waals surface area contributed by atoms with Gasteiger partial charge in [-0.25, -0.2) is 9.78 Å². The van der Waals surface area contributed by atoms with Crippen LogP contribution >= 0.6 is 11.3 Å². The molecule has 1 aliphatic rings. The Hall–Kier alpha value is -2.33. The second-order valence-electron chi connectivity index (χ2n) is 3.76. The number of aromatic nitrogens is 1. The van der Waals surface area contributed by atoms with Crippen LogP contribution in [0.5, 0.6) is 0 Å². The molecule has 1 aliphatic heterocycles. The molecule has 1 aromatic rings. The van der Waals surface area contributed by atoms with Crippen molar-refractivity contribution >= 4 is 17.3 Å². The van der Waals surface area contributed by atoms with Crippen LogP contribution in [0.1, 0.15) is 17.8 Å². The van der Waals surface area contributed by atoms with E-state index in [0.717, 1.165) is 0 Å². The van der Waals surface area contributed by atoms with Crippen molar-refractivity contribution in [3.63, 3.8) is 0 Å². The molecule has 2 N–H and O–H groups in total. The first-order valence-corrected chi connectivity index (χ1v) is 6.24. The maximum atomic E-state index is 11.9. The van der Waals surface area contributed by atoms with Gasteiger partial charge in [0.25, 0.3) is 0 Å². The van der Waals surface area contributed by atoms with Gasteiger partial charge in [0.1, 0.15) is 22.4 Å². The zero-order valence-electron chi connectivity index (χ0n) is 10.3. The molecule has 1 aromatic heterocycles. The Labute approximate surface area is 113 Å². The quantitative estimate of drug-likeness (QED) is 0.820. The number of thiazole rings is 1. The highest BCUT2D eigenvalue weighted by molar-refractivity contribution is 7.09. The first-order valence-electron chi connectivity index (χ1n) is 5.36. The Kier molecular flexibility index (Phi) is 3.53. The predicted molar refractivity (Wildman–Crippen MR) is 67.5 cm³/mol. The predicted octanol–water partition coefficient (Wildman–Crippen LogP) is 1.40. The van der Waals surface area contributed by atoms with Gasteiger partial charge in [-0.15, -0.1) is 11.3 Å². The summed E-state index contributed by atoms with van der Waals surface area (Å²) < 4.78 is 9.99. The van der Waals surface area contributed by atoms with Crippen LogP contribution in [-0.2, 0) is 14.3 Å². The molecule has 2 rings (SSSR count). The van der Waals surface area contributed by atoms with E-state index in [1.807, 2.05) is 6.07 Å². The molecule has 0 bridgehead atoms. The summed E-state index contributed by atoms with van der Waals surface area (Å²) in [4.78, 5) is 16.0.